The molecule has 0 aromatic heterocycles. The third-order valence-corrected chi connectivity index (χ3v) is 4.79. The highest BCUT2D eigenvalue weighted by Crippen LogP contribution is 2.25. The van der Waals surface area contributed by atoms with Crippen LogP contribution in [0.5, 0.6) is 0 Å². The standard InChI is InChI=1S/C17H23NO/c1-12-5-2-3-8-16(12)18-17(19)15-10-9-13-6-4-7-14(13)11-15/h9-12,16H,2-8H2,1H3,(H,18,19)/t12-,16+/m0/s1. The number of amides is 1. The number of hydrogen-bond acceptors (Lipinski definition) is 1. The van der Waals surface area contributed by atoms with Crippen LogP contribution in [-0.4, -0.2) is 11.9 Å². The molecular formula is C17H23NO. The quantitative estimate of drug-likeness (QED) is 0.863. The maximum Gasteiger partial charge on any atom is 0.251 e. The number of carbonyl (C=O) groups is 1. The van der Waals surface area contributed by atoms with E-state index in [0.717, 1.165) is 18.4 Å². The van der Waals surface area contributed by atoms with Crippen molar-refractivity contribution < 1.29 is 4.79 Å². The third-order valence-electron chi connectivity index (χ3n) is 4.79. The number of fused-ring (bicyclic) bond motifs is 1. The fourth-order valence-corrected chi connectivity index (χ4v) is 3.50. The largest absolute Gasteiger partial charge is 0.349 e. The monoisotopic (exact) mass is 257 g/mol. The second-order valence-corrected chi connectivity index (χ2v) is 6.18. The molecule has 1 N–H and O–H groups in total. The van der Waals surface area contributed by atoms with Crippen molar-refractivity contribution in [3.8, 4) is 0 Å². The van der Waals surface area contributed by atoms with Crippen molar-refractivity contribution >= 4 is 5.91 Å². The zero-order valence-corrected chi connectivity index (χ0v) is 11.7. The molecule has 1 amide bonds. The van der Waals surface area contributed by atoms with E-state index < -0.39 is 0 Å². The van der Waals surface area contributed by atoms with Crippen LogP contribution in [0.1, 0.15) is 60.5 Å². The van der Waals surface area contributed by atoms with Crippen LogP contribution < -0.4 is 5.32 Å². The molecule has 1 saturated carbocycles. The second-order valence-electron chi connectivity index (χ2n) is 6.18. The first-order valence-electron chi connectivity index (χ1n) is 7.67. The van der Waals surface area contributed by atoms with Gasteiger partial charge in [-0.15, -0.1) is 0 Å². The average molecular weight is 257 g/mol. The first-order valence-corrected chi connectivity index (χ1v) is 7.67. The summed E-state index contributed by atoms with van der Waals surface area (Å²) in [4.78, 5) is 12.3. The number of benzene rings is 1. The Morgan fingerprint density at radius 1 is 1.11 bits per heavy atom. The zero-order chi connectivity index (χ0) is 13.2. The molecule has 0 heterocycles. The van der Waals surface area contributed by atoms with Gasteiger partial charge < -0.3 is 5.32 Å². The summed E-state index contributed by atoms with van der Waals surface area (Å²) in [5.74, 6) is 0.737. The van der Waals surface area contributed by atoms with Gasteiger partial charge in [0.2, 0.25) is 0 Å². The summed E-state index contributed by atoms with van der Waals surface area (Å²) in [6.07, 6.45) is 8.49. The molecule has 0 radical (unpaired) electrons. The van der Waals surface area contributed by atoms with Gasteiger partial charge in [0.1, 0.15) is 0 Å². The van der Waals surface area contributed by atoms with Crippen LogP contribution in [0, 0.1) is 5.92 Å². The fraction of sp³-hybridized carbons (Fsp3) is 0.588. The second kappa shape index (κ2) is 5.36. The molecule has 0 saturated heterocycles. The molecule has 3 rings (SSSR count). The van der Waals surface area contributed by atoms with E-state index in [9.17, 15) is 4.79 Å². The van der Waals surface area contributed by atoms with Crippen molar-refractivity contribution in [1.82, 2.24) is 5.32 Å². The number of aryl methyl sites for hydroxylation is 2. The lowest BCUT2D eigenvalue weighted by Crippen LogP contribution is -2.41. The molecule has 0 unspecified atom stereocenters. The maximum absolute atomic E-state index is 12.3. The molecule has 102 valence electrons. The fourth-order valence-electron chi connectivity index (χ4n) is 3.50. The van der Waals surface area contributed by atoms with Crippen molar-refractivity contribution in [1.29, 1.82) is 0 Å². The summed E-state index contributed by atoms with van der Waals surface area (Å²) in [5, 5.41) is 3.24. The molecule has 1 aromatic rings. The predicted octanol–water partition coefficient (Wildman–Crippen LogP) is 3.48. The van der Waals surface area contributed by atoms with Gasteiger partial charge in [-0.05, 0) is 61.3 Å². The molecule has 1 fully saturated rings. The Kier molecular flexibility index (Phi) is 3.58. The summed E-state index contributed by atoms with van der Waals surface area (Å²) in [6.45, 7) is 2.26. The molecule has 2 heteroatoms. The van der Waals surface area contributed by atoms with E-state index in [0.29, 0.717) is 12.0 Å². The minimum Gasteiger partial charge on any atom is -0.349 e. The number of rotatable bonds is 2. The van der Waals surface area contributed by atoms with Crippen LogP contribution in [-0.2, 0) is 12.8 Å². The van der Waals surface area contributed by atoms with E-state index in [-0.39, 0.29) is 5.91 Å². The predicted molar refractivity (Wildman–Crippen MR) is 77.4 cm³/mol. The Morgan fingerprint density at radius 2 is 1.89 bits per heavy atom. The topological polar surface area (TPSA) is 29.1 Å². The van der Waals surface area contributed by atoms with Crippen molar-refractivity contribution in [3.63, 3.8) is 0 Å². The summed E-state index contributed by atoms with van der Waals surface area (Å²) in [5.41, 5.74) is 3.66. The average Bonchev–Trinajstić information content (AvgIpc) is 2.88. The highest BCUT2D eigenvalue weighted by molar-refractivity contribution is 5.94. The normalized spacial score (nSPS) is 25.9. The highest BCUT2D eigenvalue weighted by Gasteiger charge is 2.23. The Bertz CT molecular complexity index is 480. The third kappa shape index (κ3) is 2.68. The van der Waals surface area contributed by atoms with E-state index in [4.69, 9.17) is 0 Å². The van der Waals surface area contributed by atoms with Crippen LogP contribution in [0.4, 0.5) is 0 Å². The SMILES string of the molecule is C[C@H]1CCCC[C@H]1NC(=O)c1ccc2c(c1)CCC2. The number of carbonyl (C=O) groups excluding carboxylic acids is 1. The number of nitrogens with one attached hydrogen (secondary N) is 1. The number of hydrogen-bond donors (Lipinski definition) is 1. The van der Waals surface area contributed by atoms with E-state index >= 15 is 0 Å². The van der Waals surface area contributed by atoms with Gasteiger partial charge in [-0.25, -0.2) is 0 Å². The van der Waals surface area contributed by atoms with Crippen LogP contribution in [0.3, 0.4) is 0 Å². The first kappa shape index (κ1) is 12.7. The molecule has 0 aliphatic heterocycles. The minimum absolute atomic E-state index is 0.119. The van der Waals surface area contributed by atoms with Gasteiger partial charge in [-0.1, -0.05) is 25.8 Å². The molecular weight excluding hydrogens is 234 g/mol. The van der Waals surface area contributed by atoms with Crippen LogP contribution in [0.15, 0.2) is 18.2 Å². The van der Waals surface area contributed by atoms with Gasteiger partial charge in [0.15, 0.2) is 0 Å². The maximum atomic E-state index is 12.3. The van der Waals surface area contributed by atoms with Crippen molar-refractivity contribution in [3.05, 3.63) is 34.9 Å². The van der Waals surface area contributed by atoms with Gasteiger partial charge in [-0.3, -0.25) is 4.79 Å². The molecule has 19 heavy (non-hydrogen) atoms. The van der Waals surface area contributed by atoms with Crippen LogP contribution in [0.2, 0.25) is 0 Å². The lowest BCUT2D eigenvalue weighted by molar-refractivity contribution is 0.0910. The summed E-state index contributed by atoms with van der Waals surface area (Å²) >= 11 is 0. The smallest absolute Gasteiger partial charge is 0.251 e. The molecule has 2 aliphatic rings. The first-order chi connectivity index (χ1) is 9.24. The molecule has 1 aromatic carbocycles. The van der Waals surface area contributed by atoms with Crippen LogP contribution in [0.25, 0.3) is 0 Å². The van der Waals surface area contributed by atoms with Crippen molar-refractivity contribution in [2.75, 3.05) is 0 Å². The van der Waals surface area contributed by atoms with E-state index in [1.54, 1.807) is 0 Å². The van der Waals surface area contributed by atoms with Gasteiger partial charge in [0.25, 0.3) is 5.91 Å². The molecule has 2 atom stereocenters. The minimum atomic E-state index is 0.119. The zero-order valence-electron chi connectivity index (χ0n) is 11.7. The van der Waals surface area contributed by atoms with E-state index in [1.165, 1.54) is 43.2 Å². The Morgan fingerprint density at radius 3 is 2.74 bits per heavy atom. The molecule has 2 aliphatic carbocycles. The van der Waals surface area contributed by atoms with Crippen molar-refractivity contribution in [2.24, 2.45) is 5.92 Å². The summed E-state index contributed by atoms with van der Waals surface area (Å²) in [7, 11) is 0. The van der Waals surface area contributed by atoms with Gasteiger partial charge in [0, 0.05) is 11.6 Å². The Labute approximate surface area is 115 Å². The highest BCUT2D eigenvalue weighted by atomic mass is 16.1. The lowest BCUT2D eigenvalue weighted by Gasteiger charge is -2.29. The molecule has 0 bridgehead atoms. The van der Waals surface area contributed by atoms with Gasteiger partial charge in [0.05, 0.1) is 0 Å². The van der Waals surface area contributed by atoms with Gasteiger partial charge >= 0.3 is 0 Å². The molecule has 2 nitrogen and oxygen atoms in total. The summed E-state index contributed by atoms with van der Waals surface area (Å²) in [6, 6.07) is 6.61. The van der Waals surface area contributed by atoms with Gasteiger partial charge in [-0.2, -0.15) is 0 Å². The Hall–Kier alpha value is -1.31. The summed E-state index contributed by atoms with van der Waals surface area (Å²) < 4.78 is 0. The lowest BCUT2D eigenvalue weighted by atomic mass is 9.86. The van der Waals surface area contributed by atoms with E-state index in [2.05, 4.69) is 24.4 Å². The molecule has 0 spiro atoms. The Balaban J connectivity index is 1.70. The van der Waals surface area contributed by atoms with Crippen molar-refractivity contribution in [2.45, 2.75) is 57.9 Å². The van der Waals surface area contributed by atoms with E-state index in [1.807, 2.05) is 6.07 Å². The van der Waals surface area contributed by atoms with Crippen LogP contribution >= 0.6 is 0 Å².